The molecule has 0 fully saturated rings. The molecule has 1 aliphatic rings. The van der Waals surface area contributed by atoms with Crippen LogP contribution >= 0.6 is 11.8 Å². The number of aliphatic hydroxyl groups is 1. The SMILES string of the molecule is CC(SCCO)c1cc2c(cc1[N+](=O)[O-])OCO2. The van der Waals surface area contributed by atoms with Gasteiger partial charge in [0.15, 0.2) is 11.5 Å². The third kappa shape index (κ3) is 2.51. The summed E-state index contributed by atoms with van der Waals surface area (Å²) in [5.41, 5.74) is 0.611. The molecule has 7 heteroatoms. The van der Waals surface area contributed by atoms with Gasteiger partial charge in [0.2, 0.25) is 6.79 Å². The third-order valence-electron chi connectivity index (χ3n) is 2.62. The number of thioether (sulfide) groups is 1. The molecular weight excluding hydrogens is 258 g/mol. The monoisotopic (exact) mass is 271 g/mol. The Labute approximate surface area is 108 Å². The first kappa shape index (κ1) is 13.0. The zero-order chi connectivity index (χ0) is 13.1. The summed E-state index contributed by atoms with van der Waals surface area (Å²) < 4.78 is 10.4. The van der Waals surface area contributed by atoms with Gasteiger partial charge in [0.25, 0.3) is 5.69 Å². The quantitative estimate of drug-likeness (QED) is 0.652. The summed E-state index contributed by atoms with van der Waals surface area (Å²) in [6.45, 7) is 2.01. The van der Waals surface area contributed by atoms with E-state index in [0.717, 1.165) is 0 Å². The average Bonchev–Trinajstić information content (AvgIpc) is 2.81. The lowest BCUT2D eigenvalue weighted by molar-refractivity contribution is -0.385. The van der Waals surface area contributed by atoms with Crippen LogP contribution in [0.15, 0.2) is 12.1 Å². The first-order chi connectivity index (χ1) is 8.63. The molecule has 0 saturated heterocycles. The average molecular weight is 271 g/mol. The zero-order valence-electron chi connectivity index (χ0n) is 9.79. The molecule has 0 spiro atoms. The number of rotatable bonds is 5. The van der Waals surface area contributed by atoms with Crippen molar-refractivity contribution < 1.29 is 19.5 Å². The summed E-state index contributed by atoms with van der Waals surface area (Å²) >= 11 is 1.46. The van der Waals surface area contributed by atoms with E-state index in [1.54, 1.807) is 6.07 Å². The van der Waals surface area contributed by atoms with E-state index >= 15 is 0 Å². The number of hydrogen-bond donors (Lipinski definition) is 1. The summed E-state index contributed by atoms with van der Waals surface area (Å²) in [6, 6.07) is 3.04. The zero-order valence-corrected chi connectivity index (χ0v) is 10.6. The third-order valence-corrected chi connectivity index (χ3v) is 3.79. The van der Waals surface area contributed by atoms with E-state index in [0.29, 0.717) is 22.8 Å². The van der Waals surface area contributed by atoms with Crippen molar-refractivity contribution in [2.24, 2.45) is 0 Å². The Balaban J connectivity index is 2.35. The second-order valence-corrected chi connectivity index (χ2v) is 5.21. The predicted octanol–water partition coefficient (Wildman–Crippen LogP) is 2.11. The highest BCUT2D eigenvalue weighted by Crippen LogP contribution is 2.43. The molecule has 18 heavy (non-hydrogen) atoms. The minimum Gasteiger partial charge on any atom is -0.454 e. The molecule has 0 bridgehead atoms. The van der Waals surface area contributed by atoms with E-state index in [4.69, 9.17) is 14.6 Å². The maximum absolute atomic E-state index is 11.1. The number of ether oxygens (including phenoxy) is 2. The maximum Gasteiger partial charge on any atom is 0.277 e. The van der Waals surface area contributed by atoms with Gasteiger partial charge in [0.1, 0.15) is 0 Å². The van der Waals surface area contributed by atoms with Crippen molar-refractivity contribution in [3.8, 4) is 11.5 Å². The van der Waals surface area contributed by atoms with Gasteiger partial charge in [-0.1, -0.05) is 0 Å². The van der Waals surface area contributed by atoms with Crippen molar-refractivity contribution >= 4 is 17.4 Å². The molecule has 1 unspecified atom stereocenters. The van der Waals surface area contributed by atoms with Crippen LogP contribution in [0.25, 0.3) is 0 Å². The first-order valence-electron chi connectivity index (χ1n) is 5.44. The highest BCUT2D eigenvalue weighted by Gasteiger charge is 2.26. The van der Waals surface area contributed by atoms with Gasteiger partial charge >= 0.3 is 0 Å². The van der Waals surface area contributed by atoms with Crippen LogP contribution in [0, 0.1) is 10.1 Å². The Morgan fingerprint density at radius 2 is 2.17 bits per heavy atom. The topological polar surface area (TPSA) is 81.8 Å². The van der Waals surface area contributed by atoms with Crippen LogP contribution in [0.4, 0.5) is 5.69 Å². The standard InChI is InChI=1S/C11H13NO5S/c1-7(18-3-2-13)8-4-10-11(17-6-16-10)5-9(8)12(14)15/h4-5,7,13H,2-3,6H2,1H3. The van der Waals surface area contributed by atoms with E-state index in [1.165, 1.54) is 17.8 Å². The van der Waals surface area contributed by atoms with Crippen molar-refractivity contribution in [3.63, 3.8) is 0 Å². The molecule has 6 nitrogen and oxygen atoms in total. The van der Waals surface area contributed by atoms with Crippen LogP contribution in [0.5, 0.6) is 11.5 Å². The fourth-order valence-corrected chi connectivity index (χ4v) is 2.58. The van der Waals surface area contributed by atoms with Gasteiger partial charge < -0.3 is 14.6 Å². The van der Waals surface area contributed by atoms with Crippen molar-refractivity contribution in [3.05, 3.63) is 27.8 Å². The number of aliphatic hydroxyl groups excluding tert-OH is 1. The van der Waals surface area contributed by atoms with E-state index in [9.17, 15) is 10.1 Å². The second-order valence-electron chi connectivity index (χ2n) is 3.76. The van der Waals surface area contributed by atoms with Gasteiger partial charge in [-0.05, 0) is 13.0 Å². The molecule has 0 radical (unpaired) electrons. The summed E-state index contributed by atoms with van der Waals surface area (Å²) in [6.07, 6.45) is 0. The van der Waals surface area contributed by atoms with Gasteiger partial charge in [-0.2, -0.15) is 11.8 Å². The lowest BCUT2D eigenvalue weighted by atomic mass is 10.1. The molecule has 1 N–H and O–H groups in total. The van der Waals surface area contributed by atoms with Crippen molar-refractivity contribution in [1.82, 2.24) is 0 Å². The van der Waals surface area contributed by atoms with Crippen molar-refractivity contribution in [2.75, 3.05) is 19.2 Å². The smallest absolute Gasteiger partial charge is 0.277 e. The molecule has 0 saturated carbocycles. The lowest BCUT2D eigenvalue weighted by Crippen LogP contribution is -1.99. The minimum absolute atomic E-state index is 0.0252. The second kappa shape index (κ2) is 5.45. The van der Waals surface area contributed by atoms with E-state index in [1.807, 2.05) is 6.92 Å². The summed E-state index contributed by atoms with van der Waals surface area (Å²) in [4.78, 5) is 10.6. The van der Waals surface area contributed by atoms with Crippen LogP contribution in [0.3, 0.4) is 0 Å². The largest absolute Gasteiger partial charge is 0.454 e. The number of nitro benzene ring substituents is 1. The lowest BCUT2D eigenvalue weighted by Gasteiger charge is -2.12. The first-order valence-corrected chi connectivity index (χ1v) is 6.48. The Kier molecular flexibility index (Phi) is 3.93. The van der Waals surface area contributed by atoms with Gasteiger partial charge in [-0.25, -0.2) is 0 Å². The van der Waals surface area contributed by atoms with E-state index in [-0.39, 0.29) is 24.3 Å². The molecular formula is C11H13NO5S. The van der Waals surface area contributed by atoms with Gasteiger partial charge in [0, 0.05) is 16.6 Å². The summed E-state index contributed by atoms with van der Waals surface area (Å²) in [7, 11) is 0. The van der Waals surface area contributed by atoms with Crippen molar-refractivity contribution in [1.29, 1.82) is 0 Å². The fraction of sp³-hybridized carbons (Fsp3) is 0.455. The Morgan fingerprint density at radius 1 is 1.50 bits per heavy atom. The normalized spacial score (nSPS) is 14.6. The number of nitro groups is 1. The molecule has 2 rings (SSSR count). The van der Waals surface area contributed by atoms with Crippen LogP contribution < -0.4 is 9.47 Å². The van der Waals surface area contributed by atoms with Crippen LogP contribution in [0.2, 0.25) is 0 Å². The minimum atomic E-state index is -0.423. The van der Waals surface area contributed by atoms with Crippen LogP contribution in [0.1, 0.15) is 17.7 Å². The van der Waals surface area contributed by atoms with Gasteiger partial charge in [0.05, 0.1) is 17.6 Å². The molecule has 1 aliphatic heterocycles. The molecule has 98 valence electrons. The molecule has 0 amide bonds. The van der Waals surface area contributed by atoms with E-state index in [2.05, 4.69) is 0 Å². The molecule has 0 aliphatic carbocycles. The number of benzene rings is 1. The summed E-state index contributed by atoms with van der Waals surface area (Å²) in [5, 5.41) is 19.8. The Hall–Kier alpha value is -1.47. The predicted molar refractivity (Wildman–Crippen MR) is 67.2 cm³/mol. The molecule has 1 aromatic carbocycles. The van der Waals surface area contributed by atoms with Crippen LogP contribution in [-0.4, -0.2) is 29.2 Å². The van der Waals surface area contributed by atoms with Gasteiger partial charge in [-0.3, -0.25) is 10.1 Å². The Bertz CT molecular complexity index is 465. The van der Waals surface area contributed by atoms with Gasteiger partial charge in [-0.15, -0.1) is 0 Å². The van der Waals surface area contributed by atoms with Crippen molar-refractivity contribution in [2.45, 2.75) is 12.2 Å². The highest BCUT2D eigenvalue weighted by atomic mass is 32.2. The summed E-state index contributed by atoms with van der Waals surface area (Å²) in [5.74, 6) is 1.48. The molecule has 0 aromatic heterocycles. The molecule has 1 heterocycles. The number of hydrogen-bond acceptors (Lipinski definition) is 6. The van der Waals surface area contributed by atoms with E-state index < -0.39 is 4.92 Å². The fourth-order valence-electron chi connectivity index (χ4n) is 1.75. The van der Waals surface area contributed by atoms with Crippen LogP contribution in [-0.2, 0) is 0 Å². The number of fused-ring (bicyclic) bond motifs is 1. The Morgan fingerprint density at radius 3 is 2.78 bits per heavy atom. The molecule has 1 aromatic rings. The highest BCUT2D eigenvalue weighted by molar-refractivity contribution is 7.99. The number of nitrogens with zero attached hydrogens (tertiary/aromatic N) is 1. The molecule has 1 atom stereocenters. The maximum atomic E-state index is 11.1.